The molecule has 1 aromatic carbocycles. The molecule has 1 heterocycles. The smallest absolute Gasteiger partial charge is 0.243 e. The van der Waals surface area contributed by atoms with E-state index in [1.807, 2.05) is 0 Å². The zero-order valence-electron chi connectivity index (χ0n) is 12.0. The van der Waals surface area contributed by atoms with Gasteiger partial charge in [0.15, 0.2) is 12.1 Å². The molecular weight excluding hydrogens is 288 g/mol. The number of phenolic OH excluding ortho intramolecular Hbond substituents is 1. The van der Waals surface area contributed by atoms with E-state index in [0.29, 0.717) is 12.8 Å². The molecule has 0 bridgehead atoms. The van der Waals surface area contributed by atoms with Gasteiger partial charge in [-0.3, -0.25) is 0 Å². The van der Waals surface area contributed by atoms with Gasteiger partial charge >= 0.3 is 0 Å². The monoisotopic (exact) mass is 308 g/mol. The molecule has 0 radical (unpaired) electrons. The van der Waals surface area contributed by atoms with Gasteiger partial charge in [0.25, 0.3) is 0 Å². The fraction of sp³-hybridized carbons (Fsp3) is 0.429. The van der Waals surface area contributed by atoms with Gasteiger partial charge in [-0.05, 0) is 37.0 Å². The normalized spacial score (nSPS) is 14.2. The van der Waals surface area contributed by atoms with Crippen LogP contribution >= 0.6 is 0 Å². The molecule has 0 aliphatic heterocycles. The molecule has 0 aliphatic rings. The number of aliphatic hydroxyl groups is 2. The summed E-state index contributed by atoms with van der Waals surface area (Å²) in [6.45, 7) is 0. The Morgan fingerprint density at radius 3 is 2.36 bits per heavy atom. The molecule has 8 nitrogen and oxygen atoms in total. The van der Waals surface area contributed by atoms with E-state index < -0.39 is 18.4 Å². The van der Waals surface area contributed by atoms with Gasteiger partial charge in [-0.25, -0.2) is 0 Å². The Labute approximate surface area is 127 Å². The Morgan fingerprint density at radius 1 is 1.05 bits per heavy atom. The van der Waals surface area contributed by atoms with Crippen LogP contribution < -0.4 is 11.5 Å². The Hall–Kier alpha value is -2.00. The highest BCUT2D eigenvalue weighted by atomic mass is 16.5. The first-order chi connectivity index (χ1) is 10.5. The predicted molar refractivity (Wildman–Crippen MR) is 77.4 cm³/mol. The van der Waals surface area contributed by atoms with Crippen LogP contribution in [-0.4, -0.2) is 31.8 Å². The summed E-state index contributed by atoms with van der Waals surface area (Å²) >= 11 is 0. The van der Waals surface area contributed by atoms with Crippen molar-refractivity contribution in [1.29, 1.82) is 0 Å². The molecule has 8 heteroatoms. The molecule has 0 saturated heterocycles. The highest BCUT2D eigenvalue weighted by Crippen LogP contribution is 2.19. The average molecular weight is 308 g/mol. The minimum absolute atomic E-state index is 0.130. The van der Waals surface area contributed by atoms with Crippen molar-refractivity contribution in [3.8, 4) is 5.75 Å². The van der Waals surface area contributed by atoms with E-state index >= 15 is 0 Å². The molecule has 0 fully saturated rings. The molecule has 2 rings (SSSR count). The molecule has 2 aromatic rings. The van der Waals surface area contributed by atoms with E-state index in [2.05, 4.69) is 10.1 Å². The third-order valence-corrected chi connectivity index (χ3v) is 3.23. The number of aliphatic hydroxyl groups excluding tert-OH is 1. The summed E-state index contributed by atoms with van der Waals surface area (Å²) < 4.78 is 5.11. The van der Waals surface area contributed by atoms with Crippen LogP contribution in [0.1, 0.15) is 42.2 Å². The zero-order valence-corrected chi connectivity index (χ0v) is 12.0. The van der Waals surface area contributed by atoms with Crippen molar-refractivity contribution in [2.45, 2.75) is 37.6 Å². The van der Waals surface area contributed by atoms with Crippen molar-refractivity contribution < 1.29 is 19.8 Å². The molecule has 0 spiro atoms. The molecule has 120 valence electrons. The highest BCUT2D eigenvalue weighted by Gasteiger charge is 2.19. The number of rotatable bonds is 7. The molecule has 0 aliphatic carbocycles. The van der Waals surface area contributed by atoms with E-state index in [9.17, 15) is 5.11 Å². The van der Waals surface area contributed by atoms with Crippen LogP contribution in [0.15, 0.2) is 28.8 Å². The lowest BCUT2D eigenvalue weighted by Crippen LogP contribution is -2.17. The molecule has 0 saturated carbocycles. The largest absolute Gasteiger partial charge is 0.508 e. The Morgan fingerprint density at radius 2 is 1.73 bits per heavy atom. The Kier molecular flexibility index (Phi) is 5.45. The van der Waals surface area contributed by atoms with Gasteiger partial charge in [-0.1, -0.05) is 17.3 Å². The summed E-state index contributed by atoms with van der Waals surface area (Å²) in [6, 6.07) is 5.66. The minimum atomic E-state index is -1.41. The fourth-order valence-corrected chi connectivity index (χ4v) is 1.98. The number of nitrogens with two attached hydrogens (primary N) is 2. The maximum absolute atomic E-state index is 9.24. The Balaban J connectivity index is 1.96. The summed E-state index contributed by atoms with van der Waals surface area (Å²) in [6.07, 6.45) is -0.477. The van der Waals surface area contributed by atoms with Crippen molar-refractivity contribution >= 4 is 0 Å². The van der Waals surface area contributed by atoms with Gasteiger partial charge in [0.2, 0.25) is 5.89 Å². The summed E-state index contributed by atoms with van der Waals surface area (Å²) in [5.74, 6) is 0.745. The third-order valence-electron chi connectivity index (χ3n) is 3.23. The van der Waals surface area contributed by atoms with Crippen molar-refractivity contribution in [3.05, 3.63) is 41.5 Å². The molecule has 0 amide bonds. The number of aromatic nitrogens is 2. The molecule has 22 heavy (non-hydrogen) atoms. The first kappa shape index (κ1) is 16.4. The van der Waals surface area contributed by atoms with E-state index in [4.69, 9.17) is 26.2 Å². The topological polar surface area (TPSA) is 152 Å². The van der Waals surface area contributed by atoms with Crippen molar-refractivity contribution in [2.75, 3.05) is 0 Å². The second-order valence-corrected chi connectivity index (χ2v) is 5.13. The zero-order chi connectivity index (χ0) is 16.1. The first-order valence-corrected chi connectivity index (χ1v) is 6.94. The van der Waals surface area contributed by atoms with Crippen LogP contribution in [0.4, 0.5) is 0 Å². The summed E-state index contributed by atoms with van der Waals surface area (Å²) in [7, 11) is 0. The van der Waals surface area contributed by atoms with Gasteiger partial charge in [0, 0.05) is 0 Å². The SMILES string of the molecule is N[C@@H](CCC(O)O)c1noc([C@@H](N)Cc2ccc(O)cc2)n1. The van der Waals surface area contributed by atoms with Crippen molar-refractivity contribution in [2.24, 2.45) is 11.5 Å². The maximum Gasteiger partial charge on any atom is 0.243 e. The summed E-state index contributed by atoms with van der Waals surface area (Å²) in [4.78, 5) is 4.16. The number of aromatic hydroxyl groups is 1. The molecule has 1 aromatic heterocycles. The van der Waals surface area contributed by atoms with Gasteiger partial charge < -0.3 is 31.3 Å². The van der Waals surface area contributed by atoms with Gasteiger partial charge in [0.05, 0.1) is 12.1 Å². The first-order valence-electron chi connectivity index (χ1n) is 6.94. The maximum atomic E-state index is 9.24. The lowest BCUT2D eigenvalue weighted by Gasteiger charge is -2.08. The number of hydrogen-bond donors (Lipinski definition) is 5. The summed E-state index contributed by atoms with van der Waals surface area (Å²) in [5, 5.41) is 30.7. The van der Waals surface area contributed by atoms with Crippen LogP contribution in [0.25, 0.3) is 0 Å². The number of phenols is 1. The van der Waals surface area contributed by atoms with E-state index in [0.717, 1.165) is 5.56 Å². The molecular formula is C14H20N4O4. The molecule has 0 unspecified atom stereocenters. The number of hydrogen-bond acceptors (Lipinski definition) is 8. The van der Waals surface area contributed by atoms with E-state index in [1.165, 1.54) is 0 Å². The lowest BCUT2D eigenvalue weighted by molar-refractivity contribution is -0.0474. The lowest BCUT2D eigenvalue weighted by atomic mass is 10.1. The highest BCUT2D eigenvalue weighted by molar-refractivity contribution is 5.26. The van der Waals surface area contributed by atoms with Crippen LogP contribution in [0.3, 0.4) is 0 Å². The Bertz CT molecular complexity index is 585. The van der Waals surface area contributed by atoms with Crippen molar-refractivity contribution in [1.82, 2.24) is 10.1 Å². The summed E-state index contributed by atoms with van der Waals surface area (Å²) in [5.41, 5.74) is 12.8. The van der Waals surface area contributed by atoms with Gasteiger partial charge in [0.1, 0.15) is 5.75 Å². The van der Waals surface area contributed by atoms with E-state index in [-0.39, 0.29) is 23.9 Å². The average Bonchev–Trinajstić information content (AvgIpc) is 2.97. The van der Waals surface area contributed by atoms with Crippen LogP contribution in [0, 0.1) is 0 Å². The number of benzene rings is 1. The van der Waals surface area contributed by atoms with E-state index in [1.54, 1.807) is 24.3 Å². The number of nitrogens with zero attached hydrogens (tertiary/aromatic N) is 2. The second-order valence-electron chi connectivity index (χ2n) is 5.13. The fourth-order valence-electron chi connectivity index (χ4n) is 1.98. The van der Waals surface area contributed by atoms with Crippen molar-refractivity contribution in [3.63, 3.8) is 0 Å². The molecule has 7 N–H and O–H groups in total. The van der Waals surface area contributed by atoms with Crippen LogP contribution in [0.2, 0.25) is 0 Å². The minimum Gasteiger partial charge on any atom is -0.508 e. The third kappa shape index (κ3) is 4.50. The standard InChI is InChI=1S/C14H20N4O4/c15-10(5-6-12(20)21)13-17-14(22-18-13)11(16)7-8-1-3-9(19)4-2-8/h1-4,10-12,19-21H,5-7,15-16H2/t10-,11-/m0/s1. The predicted octanol–water partition coefficient (Wildman–Crippen LogP) is 0.108. The van der Waals surface area contributed by atoms with Gasteiger partial charge in [-0.15, -0.1) is 0 Å². The quantitative estimate of drug-likeness (QED) is 0.452. The van der Waals surface area contributed by atoms with Crippen LogP contribution in [-0.2, 0) is 6.42 Å². The van der Waals surface area contributed by atoms with Gasteiger partial charge in [-0.2, -0.15) is 4.98 Å². The second kappa shape index (κ2) is 7.32. The van der Waals surface area contributed by atoms with Crippen LogP contribution in [0.5, 0.6) is 5.75 Å². The molecule has 2 atom stereocenters.